The predicted octanol–water partition coefficient (Wildman–Crippen LogP) is 2.66. The maximum Gasteiger partial charge on any atom is 0.319 e. The molecule has 1 fully saturated rings. The van der Waals surface area contributed by atoms with E-state index in [1.165, 1.54) is 11.8 Å². The number of carbonyl (C=O) groups excluding carboxylic acids is 2. The first kappa shape index (κ1) is 17.4. The van der Waals surface area contributed by atoms with Crippen LogP contribution in [0.15, 0.2) is 35.2 Å². The zero-order chi connectivity index (χ0) is 16.7. The third-order valence-electron chi connectivity index (χ3n) is 3.78. The number of nitrogens with zero attached hydrogens (tertiary/aromatic N) is 1. The van der Waals surface area contributed by atoms with Crippen molar-refractivity contribution in [2.75, 3.05) is 6.61 Å². The summed E-state index contributed by atoms with van der Waals surface area (Å²) in [5.41, 5.74) is -0.784. The molecule has 0 heterocycles. The van der Waals surface area contributed by atoms with Crippen LogP contribution in [-0.2, 0) is 14.3 Å². The molecule has 1 saturated carbocycles. The number of hydrogen-bond donors (Lipinski definition) is 1. The van der Waals surface area contributed by atoms with Gasteiger partial charge in [0.1, 0.15) is 10.8 Å². The van der Waals surface area contributed by atoms with Gasteiger partial charge in [-0.15, -0.1) is 11.8 Å². The Morgan fingerprint density at radius 3 is 2.61 bits per heavy atom. The van der Waals surface area contributed by atoms with E-state index in [0.29, 0.717) is 12.8 Å². The number of thioether (sulfide) groups is 1. The van der Waals surface area contributed by atoms with Crippen LogP contribution in [0.2, 0.25) is 0 Å². The molecule has 23 heavy (non-hydrogen) atoms. The molecule has 0 spiro atoms. The van der Waals surface area contributed by atoms with E-state index in [9.17, 15) is 14.9 Å². The molecule has 1 atom stereocenters. The van der Waals surface area contributed by atoms with E-state index < -0.39 is 22.7 Å². The number of esters is 1. The van der Waals surface area contributed by atoms with Crippen LogP contribution in [0.3, 0.4) is 0 Å². The normalized spacial score (nSPS) is 17.0. The van der Waals surface area contributed by atoms with E-state index in [1.54, 1.807) is 6.92 Å². The highest BCUT2D eigenvalue weighted by molar-refractivity contribution is 8.00. The van der Waals surface area contributed by atoms with Crippen LogP contribution >= 0.6 is 11.8 Å². The Bertz CT molecular complexity index is 592. The molecular formula is C17H20N2O3S. The van der Waals surface area contributed by atoms with E-state index in [-0.39, 0.29) is 6.61 Å². The lowest BCUT2D eigenvalue weighted by Crippen LogP contribution is -2.47. The molecule has 1 aromatic rings. The standard InChI is InChI=1S/C17H20N2O3S/c1-13(23-14-7-3-2-4-8-14)16(21)22-11-15(20)19-17(12-18)9-5-6-10-17/h2-4,7-8,13H,5-6,9-11H2,1H3,(H,19,20)/t13-/m0/s1. The van der Waals surface area contributed by atoms with Gasteiger partial charge in [-0.3, -0.25) is 9.59 Å². The Kier molecular flexibility index (Phi) is 6.05. The van der Waals surface area contributed by atoms with E-state index in [2.05, 4.69) is 11.4 Å². The highest BCUT2D eigenvalue weighted by atomic mass is 32.2. The third-order valence-corrected chi connectivity index (χ3v) is 4.87. The van der Waals surface area contributed by atoms with Gasteiger partial charge in [0, 0.05) is 4.90 Å². The second-order valence-electron chi connectivity index (χ2n) is 5.63. The second-order valence-corrected chi connectivity index (χ2v) is 7.04. The number of ether oxygens (including phenoxy) is 1. The van der Waals surface area contributed by atoms with Crippen LogP contribution in [0.5, 0.6) is 0 Å². The lowest BCUT2D eigenvalue weighted by atomic mass is 10.00. The minimum atomic E-state index is -0.784. The van der Waals surface area contributed by atoms with Crippen molar-refractivity contribution in [1.82, 2.24) is 5.32 Å². The fourth-order valence-electron chi connectivity index (χ4n) is 2.55. The highest BCUT2D eigenvalue weighted by Gasteiger charge is 2.35. The second kappa shape index (κ2) is 8.02. The average Bonchev–Trinajstić information content (AvgIpc) is 3.02. The summed E-state index contributed by atoms with van der Waals surface area (Å²) in [5, 5.41) is 11.5. The first-order valence-electron chi connectivity index (χ1n) is 7.65. The summed E-state index contributed by atoms with van der Waals surface area (Å²) in [6, 6.07) is 11.7. The molecule has 0 bridgehead atoms. The molecule has 122 valence electrons. The average molecular weight is 332 g/mol. The van der Waals surface area contributed by atoms with Crippen LogP contribution < -0.4 is 5.32 Å². The van der Waals surface area contributed by atoms with Crippen LogP contribution in [0.1, 0.15) is 32.6 Å². The number of carbonyl (C=O) groups is 2. The lowest BCUT2D eigenvalue weighted by molar-refractivity contribution is -0.148. The van der Waals surface area contributed by atoms with Gasteiger partial charge in [-0.05, 0) is 44.7 Å². The van der Waals surface area contributed by atoms with Gasteiger partial charge < -0.3 is 10.1 Å². The molecule has 5 nitrogen and oxygen atoms in total. The number of nitrogens with one attached hydrogen (secondary N) is 1. The van der Waals surface area contributed by atoms with Crippen molar-refractivity contribution in [3.8, 4) is 6.07 Å². The first-order valence-corrected chi connectivity index (χ1v) is 8.53. The molecule has 0 saturated heterocycles. The molecule has 0 unspecified atom stereocenters. The largest absolute Gasteiger partial charge is 0.455 e. The van der Waals surface area contributed by atoms with Gasteiger partial charge in [0.2, 0.25) is 0 Å². The molecule has 6 heteroatoms. The van der Waals surface area contributed by atoms with Crippen molar-refractivity contribution in [3.05, 3.63) is 30.3 Å². The lowest BCUT2D eigenvalue weighted by Gasteiger charge is -2.22. The molecule has 1 aromatic carbocycles. The summed E-state index contributed by atoms with van der Waals surface area (Å²) in [6.45, 7) is 1.40. The molecular weight excluding hydrogens is 312 g/mol. The number of amides is 1. The Labute approximate surface area is 140 Å². The summed E-state index contributed by atoms with van der Waals surface area (Å²) >= 11 is 1.38. The molecule has 1 aliphatic rings. The first-order chi connectivity index (χ1) is 11.0. The molecule has 2 rings (SSSR count). The summed E-state index contributed by atoms with van der Waals surface area (Å²) < 4.78 is 5.06. The van der Waals surface area contributed by atoms with Gasteiger partial charge in [0.15, 0.2) is 6.61 Å². The Balaban J connectivity index is 1.77. The van der Waals surface area contributed by atoms with Crippen molar-refractivity contribution in [2.24, 2.45) is 0 Å². The molecule has 0 aromatic heterocycles. The highest BCUT2D eigenvalue weighted by Crippen LogP contribution is 2.28. The smallest absolute Gasteiger partial charge is 0.319 e. The van der Waals surface area contributed by atoms with E-state index >= 15 is 0 Å². The molecule has 0 aliphatic heterocycles. The topological polar surface area (TPSA) is 79.2 Å². The summed E-state index contributed by atoms with van der Waals surface area (Å²) in [6.07, 6.45) is 3.17. The Morgan fingerprint density at radius 2 is 2.00 bits per heavy atom. The third kappa shape index (κ3) is 5.00. The van der Waals surface area contributed by atoms with E-state index in [4.69, 9.17) is 4.74 Å². The van der Waals surface area contributed by atoms with Crippen molar-refractivity contribution in [1.29, 1.82) is 5.26 Å². The van der Waals surface area contributed by atoms with Crippen LogP contribution in [0.25, 0.3) is 0 Å². The van der Waals surface area contributed by atoms with Gasteiger partial charge in [-0.1, -0.05) is 18.2 Å². The van der Waals surface area contributed by atoms with Gasteiger partial charge in [-0.2, -0.15) is 5.26 Å². The number of rotatable bonds is 6. The van der Waals surface area contributed by atoms with Crippen LogP contribution in [-0.4, -0.2) is 29.3 Å². The minimum Gasteiger partial charge on any atom is -0.455 e. The van der Waals surface area contributed by atoms with Crippen molar-refractivity contribution in [3.63, 3.8) is 0 Å². The fourth-order valence-corrected chi connectivity index (χ4v) is 3.44. The molecule has 1 N–H and O–H groups in total. The van der Waals surface area contributed by atoms with E-state index in [0.717, 1.165) is 17.7 Å². The summed E-state index contributed by atoms with van der Waals surface area (Å²) in [5.74, 6) is -0.856. The van der Waals surface area contributed by atoms with E-state index in [1.807, 2.05) is 30.3 Å². The number of nitriles is 1. The Hall–Kier alpha value is -2.00. The van der Waals surface area contributed by atoms with Crippen molar-refractivity contribution in [2.45, 2.75) is 48.3 Å². The van der Waals surface area contributed by atoms with Crippen LogP contribution in [0.4, 0.5) is 0 Å². The monoisotopic (exact) mass is 332 g/mol. The van der Waals surface area contributed by atoms with Gasteiger partial charge in [-0.25, -0.2) is 0 Å². The zero-order valence-corrected chi connectivity index (χ0v) is 13.9. The Morgan fingerprint density at radius 1 is 1.35 bits per heavy atom. The van der Waals surface area contributed by atoms with Gasteiger partial charge in [0.05, 0.1) is 6.07 Å². The summed E-state index contributed by atoms with van der Waals surface area (Å²) in [7, 11) is 0. The van der Waals surface area contributed by atoms with Crippen LogP contribution in [0, 0.1) is 11.3 Å². The SMILES string of the molecule is C[C@H](Sc1ccccc1)C(=O)OCC(=O)NC1(C#N)CCCC1. The maximum absolute atomic E-state index is 12.0. The number of hydrogen-bond acceptors (Lipinski definition) is 5. The van der Waals surface area contributed by atoms with Crippen molar-refractivity contribution >= 4 is 23.6 Å². The summed E-state index contributed by atoms with van der Waals surface area (Å²) in [4.78, 5) is 24.8. The van der Waals surface area contributed by atoms with Gasteiger partial charge in [0.25, 0.3) is 5.91 Å². The quantitative estimate of drug-likeness (QED) is 0.640. The zero-order valence-electron chi connectivity index (χ0n) is 13.1. The van der Waals surface area contributed by atoms with Gasteiger partial charge >= 0.3 is 5.97 Å². The molecule has 1 aliphatic carbocycles. The number of benzene rings is 1. The maximum atomic E-state index is 12.0. The minimum absolute atomic E-state index is 0.345. The molecule has 0 radical (unpaired) electrons. The fraction of sp³-hybridized carbons (Fsp3) is 0.471. The predicted molar refractivity (Wildman–Crippen MR) is 87.7 cm³/mol. The molecule has 1 amide bonds. The van der Waals surface area contributed by atoms with Crippen molar-refractivity contribution < 1.29 is 14.3 Å².